The van der Waals surface area contributed by atoms with Crippen molar-refractivity contribution in [1.82, 2.24) is 24.1 Å². The summed E-state index contributed by atoms with van der Waals surface area (Å²) in [6.07, 6.45) is 3.86. The maximum Gasteiger partial charge on any atom is 0.425 e. The molecule has 160 valence electrons. The number of hydrogen-bond acceptors (Lipinski definition) is 5. The fourth-order valence-electron chi connectivity index (χ4n) is 4.56. The molecule has 1 fully saturated rings. The van der Waals surface area contributed by atoms with Gasteiger partial charge in [0, 0.05) is 30.9 Å². The van der Waals surface area contributed by atoms with Gasteiger partial charge in [-0.25, -0.2) is 14.8 Å². The van der Waals surface area contributed by atoms with Gasteiger partial charge in [-0.1, -0.05) is 24.3 Å². The van der Waals surface area contributed by atoms with Gasteiger partial charge >= 0.3 is 5.69 Å². The summed E-state index contributed by atoms with van der Waals surface area (Å²) in [5, 5.41) is 5.12. The van der Waals surface area contributed by atoms with Crippen molar-refractivity contribution in [1.29, 1.82) is 0 Å². The van der Waals surface area contributed by atoms with E-state index in [0.29, 0.717) is 17.8 Å². The first-order valence-electron chi connectivity index (χ1n) is 10.7. The van der Waals surface area contributed by atoms with Crippen LogP contribution in [0.3, 0.4) is 0 Å². The van der Waals surface area contributed by atoms with Crippen LogP contribution in [0.4, 0.5) is 0 Å². The molecule has 1 aliphatic rings. The second-order valence-electron chi connectivity index (χ2n) is 8.51. The van der Waals surface area contributed by atoms with Crippen molar-refractivity contribution in [2.45, 2.75) is 46.1 Å². The molecule has 0 aliphatic carbocycles. The van der Waals surface area contributed by atoms with Gasteiger partial charge in [-0.3, -0.25) is 9.47 Å². The summed E-state index contributed by atoms with van der Waals surface area (Å²) in [5.41, 5.74) is 4.45. The van der Waals surface area contributed by atoms with Gasteiger partial charge in [0.2, 0.25) is 0 Å². The number of aryl methyl sites for hydroxylation is 1. The normalized spacial score (nSPS) is 20.0. The molecule has 0 spiro atoms. The number of fused-ring (bicyclic) bond motifs is 3. The Morgan fingerprint density at radius 1 is 1.16 bits per heavy atom. The molecule has 5 rings (SSSR count). The van der Waals surface area contributed by atoms with Crippen LogP contribution in [-0.4, -0.2) is 49.4 Å². The van der Waals surface area contributed by atoms with Crippen LogP contribution in [-0.2, 0) is 17.8 Å². The Morgan fingerprint density at radius 2 is 1.94 bits per heavy atom. The van der Waals surface area contributed by atoms with Gasteiger partial charge in [0.15, 0.2) is 5.65 Å². The molecule has 8 nitrogen and oxygen atoms in total. The zero-order valence-corrected chi connectivity index (χ0v) is 18.1. The van der Waals surface area contributed by atoms with Crippen molar-refractivity contribution in [2.24, 2.45) is 0 Å². The average Bonchev–Trinajstić information content (AvgIpc) is 3.22. The Hall–Kier alpha value is -3.10. The number of nitrogens with one attached hydrogen (secondary N) is 1. The average molecular weight is 420 g/mol. The van der Waals surface area contributed by atoms with E-state index in [1.165, 1.54) is 4.52 Å². The van der Waals surface area contributed by atoms with Gasteiger partial charge in [0.1, 0.15) is 0 Å². The van der Waals surface area contributed by atoms with Crippen molar-refractivity contribution in [2.75, 3.05) is 13.1 Å². The molecule has 0 radical (unpaired) electrons. The van der Waals surface area contributed by atoms with E-state index in [2.05, 4.69) is 47.9 Å². The van der Waals surface area contributed by atoms with Gasteiger partial charge in [0.05, 0.1) is 24.1 Å². The fourth-order valence-corrected chi connectivity index (χ4v) is 4.56. The van der Waals surface area contributed by atoms with E-state index in [-0.39, 0.29) is 17.9 Å². The van der Waals surface area contributed by atoms with Crippen LogP contribution in [0, 0.1) is 6.92 Å². The topological polar surface area (TPSA) is 78.8 Å². The third kappa shape index (κ3) is 3.73. The molecule has 0 amide bonds. The molecule has 3 aromatic heterocycles. The van der Waals surface area contributed by atoms with Crippen molar-refractivity contribution >= 4 is 16.7 Å². The zero-order valence-electron chi connectivity index (χ0n) is 18.1. The quantitative estimate of drug-likeness (QED) is 0.504. The van der Waals surface area contributed by atoms with E-state index in [1.807, 2.05) is 24.4 Å². The maximum absolute atomic E-state index is 13.2. The highest BCUT2D eigenvalue weighted by Gasteiger charge is 2.24. The van der Waals surface area contributed by atoms with Crippen molar-refractivity contribution in [3.8, 4) is 0 Å². The number of morpholine rings is 1. The maximum atomic E-state index is 13.2. The number of ether oxygens (including phenoxy) is 1. The minimum absolute atomic E-state index is 0.205. The van der Waals surface area contributed by atoms with E-state index in [9.17, 15) is 4.79 Å². The number of nitrogens with zero attached hydrogens (tertiary/aromatic N) is 5. The summed E-state index contributed by atoms with van der Waals surface area (Å²) in [6.45, 7) is 9.29. The molecule has 1 aliphatic heterocycles. The lowest BCUT2D eigenvalue weighted by atomic mass is 10.1. The number of aromatic nitrogens is 5. The Kier molecular flexibility index (Phi) is 5.03. The van der Waals surface area contributed by atoms with Crippen molar-refractivity contribution in [3.63, 3.8) is 0 Å². The van der Waals surface area contributed by atoms with E-state index in [1.54, 1.807) is 10.9 Å². The van der Waals surface area contributed by atoms with Crippen LogP contribution in [0.15, 0.2) is 47.7 Å². The number of benzene rings is 1. The Morgan fingerprint density at radius 3 is 2.71 bits per heavy atom. The molecule has 1 saturated heterocycles. The lowest BCUT2D eigenvalue weighted by Crippen LogP contribution is -2.44. The molecule has 8 heteroatoms. The van der Waals surface area contributed by atoms with Gasteiger partial charge < -0.3 is 4.74 Å². The number of aromatic amines is 1. The monoisotopic (exact) mass is 419 g/mol. The standard InChI is InChI=1S/C23H26N6O2/c1-15-6-4-5-7-19(15)13-28-21-20(22-25-14-26-29(22)23(28)30)8-18(9-24-21)12-27-10-16(2)31-17(3)11-27/h4-9,14,16-17H,10-13H2,1-3H3/p+1/t16-,17+. The largest absolute Gasteiger partial charge is 0.425 e. The first-order chi connectivity index (χ1) is 15.0. The molecular weight excluding hydrogens is 392 g/mol. The molecular formula is C23H27N6O2+. The van der Waals surface area contributed by atoms with E-state index < -0.39 is 0 Å². The summed E-state index contributed by atoms with van der Waals surface area (Å²) in [4.78, 5) is 23.4. The SMILES string of the molecule is Cc1ccccc1Cn1c(=O)n2nc[nH+]c2c2cc(CN3C[C@@H](C)O[C@@H](C)C3)cnc21. The highest BCUT2D eigenvalue weighted by Crippen LogP contribution is 2.20. The van der Waals surface area contributed by atoms with Crippen LogP contribution >= 0.6 is 0 Å². The molecule has 1 aromatic carbocycles. The summed E-state index contributed by atoms with van der Waals surface area (Å²) in [6, 6.07) is 10.2. The number of H-pyrrole nitrogens is 1. The molecule has 0 bridgehead atoms. The van der Waals surface area contributed by atoms with Crippen LogP contribution in [0.2, 0.25) is 0 Å². The summed E-state index contributed by atoms with van der Waals surface area (Å²) in [5.74, 6) is 0. The Bertz CT molecular complexity index is 1300. The van der Waals surface area contributed by atoms with Crippen molar-refractivity contribution < 1.29 is 9.72 Å². The lowest BCUT2D eigenvalue weighted by molar-refractivity contribution is -0.345. The van der Waals surface area contributed by atoms with E-state index >= 15 is 0 Å². The van der Waals surface area contributed by atoms with Crippen molar-refractivity contribution in [3.05, 3.63) is 70.0 Å². The van der Waals surface area contributed by atoms with E-state index in [0.717, 1.165) is 41.7 Å². The molecule has 31 heavy (non-hydrogen) atoms. The number of hydrogen-bond donors (Lipinski definition) is 0. The highest BCUT2D eigenvalue weighted by atomic mass is 16.5. The minimum atomic E-state index is -0.205. The third-order valence-corrected chi connectivity index (χ3v) is 5.92. The predicted octanol–water partition coefficient (Wildman–Crippen LogP) is 1.82. The zero-order chi connectivity index (χ0) is 21.5. The molecule has 4 heterocycles. The molecule has 1 N–H and O–H groups in total. The van der Waals surface area contributed by atoms with E-state index in [4.69, 9.17) is 9.72 Å². The summed E-state index contributed by atoms with van der Waals surface area (Å²) >= 11 is 0. The number of rotatable bonds is 4. The van der Waals surface area contributed by atoms with Gasteiger partial charge in [-0.05, 0) is 48.0 Å². The second kappa shape index (κ2) is 7.86. The fraction of sp³-hybridized carbons (Fsp3) is 0.391. The Labute approximate surface area is 180 Å². The first kappa shape index (κ1) is 19.8. The predicted molar refractivity (Wildman–Crippen MR) is 117 cm³/mol. The summed E-state index contributed by atoms with van der Waals surface area (Å²) < 4.78 is 8.98. The van der Waals surface area contributed by atoms with Crippen LogP contribution in [0.5, 0.6) is 0 Å². The third-order valence-electron chi connectivity index (χ3n) is 5.92. The highest BCUT2D eigenvalue weighted by molar-refractivity contribution is 5.87. The summed E-state index contributed by atoms with van der Waals surface area (Å²) in [7, 11) is 0. The van der Waals surface area contributed by atoms with Crippen LogP contribution < -0.4 is 10.7 Å². The molecule has 0 saturated carbocycles. The molecule has 2 atom stereocenters. The first-order valence-corrected chi connectivity index (χ1v) is 10.7. The van der Waals surface area contributed by atoms with Gasteiger partial charge in [0.25, 0.3) is 12.0 Å². The smallest absolute Gasteiger partial charge is 0.373 e. The minimum Gasteiger partial charge on any atom is -0.373 e. The van der Waals surface area contributed by atoms with Crippen LogP contribution in [0.1, 0.15) is 30.5 Å². The molecule has 0 unspecified atom stereocenters. The number of pyridine rings is 1. The second-order valence-corrected chi connectivity index (χ2v) is 8.51. The van der Waals surface area contributed by atoms with Gasteiger partial charge in [-0.15, -0.1) is 0 Å². The van der Waals surface area contributed by atoms with Gasteiger partial charge in [-0.2, -0.15) is 0 Å². The Balaban J connectivity index is 1.59. The molecule has 4 aromatic rings. The lowest BCUT2D eigenvalue weighted by Gasteiger charge is -2.35. The van der Waals surface area contributed by atoms with Crippen LogP contribution in [0.25, 0.3) is 16.7 Å².